The molecule has 0 spiro atoms. The van der Waals surface area contributed by atoms with E-state index in [0.717, 1.165) is 205 Å². The summed E-state index contributed by atoms with van der Waals surface area (Å²) in [6.45, 7) is 8.54. The van der Waals surface area contributed by atoms with E-state index in [0.29, 0.717) is 11.6 Å². The molecule has 6 aromatic heterocycles. The van der Waals surface area contributed by atoms with Crippen molar-refractivity contribution in [1.29, 1.82) is 0 Å². The van der Waals surface area contributed by atoms with Crippen LogP contribution in [-0.4, -0.2) is 29.9 Å². The van der Waals surface area contributed by atoms with Crippen LogP contribution in [0.5, 0.6) is 0 Å². The molecule has 126 heavy (non-hydrogen) atoms. The number of pyridine rings is 2. The van der Waals surface area contributed by atoms with Gasteiger partial charge >= 0.3 is 0 Å². The van der Waals surface area contributed by atoms with E-state index in [-0.39, 0.29) is 0 Å². The Morgan fingerprint density at radius 2 is 0.532 bits per heavy atom. The Kier molecular flexibility index (Phi) is 18.3. The van der Waals surface area contributed by atoms with E-state index in [1.807, 2.05) is 30.3 Å². The molecule has 592 valence electrons. The van der Waals surface area contributed by atoms with Gasteiger partial charge in [-0.3, -0.25) is 0 Å². The fraction of sp³-hybridized carbons (Fsp3) is 0.0339. The van der Waals surface area contributed by atoms with Crippen LogP contribution in [0.4, 0.5) is 0 Å². The van der Waals surface area contributed by atoms with Crippen molar-refractivity contribution in [2.45, 2.75) is 27.7 Å². The predicted molar refractivity (Wildman–Crippen MR) is 523 cm³/mol. The SMILES string of the molecule is Cc1cc(C)cc(-c2cc(-c3cccc(-c4c5c(cc6c(-c7ccc(-c8ccccc8)cc7)nc7ccccc7c46)oc4ccccc45)c3)nc(-c3cc(C)cc(C)c3)n2)c1.c1ccc(-c2ccc(-c3nc4ccccc4c4c(-c5cccc(-c6cc(-c7cc8ccccc8c8ccccc78)nc(-c7ccccc7)n6)c5)c5c(cc34)oc3ccccc35)cc2)cc1. The molecule has 0 N–H and O–H groups in total. The van der Waals surface area contributed by atoms with Crippen LogP contribution in [0.3, 0.4) is 0 Å². The van der Waals surface area contributed by atoms with E-state index >= 15 is 0 Å². The summed E-state index contributed by atoms with van der Waals surface area (Å²) in [7, 11) is 0. The molecule has 0 saturated carbocycles. The maximum Gasteiger partial charge on any atom is 0.160 e. The number of hydrogen-bond acceptors (Lipinski definition) is 8. The maximum atomic E-state index is 6.76. The van der Waals surface area contributed by atoms with Crippen molar-refractivity contribution >= 4 is 109 Å². The summed E-state index contributed by atoms with van der Waals surface area (Å²) < 4.78 is 13.5. The summed E-state index contributed by atoms with van der Waals surface area (Å²) in [5, 5.41) is 15.5. The largest absolute Gasteiger partial charge is 0.456 e. The lowest BCUT2D eigenvalue weighted by atomic mass is 9.88. The van der Waals surface area contributed by atoms with E-state index in [1.165, 1.54) is 49.5 Å². The normalized spacial score (nSPS) is 11.7. The predicted octanol–water partition coefficient (Wildman–Crippen LogP) is 31.7. The highest BCUT2D eigenvalue weighted by Crippen LogP contribution is 2.51. The average Bonchev–Trinajstić information content (AvgIpc) is 1.46. The minimum absolute atomic E-state index is 0.675. The van der Waals surface area contributed by atoms with Gasteiger partial charge in [0.2, 0.25) is 0 Å². The zero-order valence-corrected chi connectivity index (χ0v) is 69.6. The number of aryl methyl sites for hydroxylation is 4. The molecule has 0 aliphatic rings. The summed E-state index contributed by atoms with van der Waals surface area (Å²) in [5.41, 5.74) is 32.5. The number of benzene rings is 18. The number of para-hydroxylation sites is 4. The molecule has 24 aromatic rings. The number of hydrogen-bond donors (Lipinski definition) is 0. The number of furan rings is 2. The minimum atomic E-state index is 0.675. The van der Waals surface area contributed by atoms with Crippen LogP contribution in [-0.2, 0) is 0 Å². The van der Waals surface area contributed by atoms with Gasteiger partial charge in [-0.25, -0.2) is 29.9 Å². The first-order valence-corrected chi connectivity index (χ1v) is 42.8. The van der Waals surface area contributed by atoms with Crippen LogP contribution in [0, 0.1) is 27.7 Å². The van der Waals surface area contributed by atoms with Gasteiger partial charge in [0.25, 0.3) is 0 Å². The second-order valence-corrected chi connectivity index (χ2v) is 33.0. The molecule has 8 heteroatoms. The highest BCUT2D eigenvalue weighted by atomic mass is 16.3. The Balaban J connectivity index is 0.000000145. The van der Waals surface area contributed by atoms with Gasteiger partial charge in [0.1, 0.15) is 22.3 Å². The summed E-state index contributed by atoms with van der Waals surface area (Å²) in [4.78, 5) is 32.0. The summed E-state index contributed by atoms with van der Waals surface area (Å²) >= 11 is 0. The van der Waals surface area contributed by atoms with Crippen molar-refractivity contribution in [2.75, 3.05) is 0 Å². The molecule has 0 fully saturated rings. The quantitative estimate of drug-likeness (QED) is 0.111. The van der Waals surface area contributed by atoms with Crippen LogP contribution in [0.2, 0.25) is 0 Å². The number of fused-ring (bicyclic) bond motifs is 15. The Morgan fingerprint density at radius 3 is 1.02 bits per heavy atom. The molecule has 0 atom stereocenters. The molecule has 24 rings (SSSR count). The average molecular weight is 1610 g/mol. The first-order valence-electron chi connectivity index (χ1n) is 42.8. The topological polar surface area (TPSA) is 104 Å². The maximum absolute atomic E-state index is 6.76. The highest BCUT2D eigenvalue weighted by Gasteiger charge is 2.27. The van der Waals surface area contributed by atoms with Crippen molar-refractivity contribution in [3.63, 3.8) is 0 Å². The van der Waals surface area contributed by atoms with Gasteiger partial charge in [-0.15, -0.1) is 0 Å². The lowest BCUT2D eigenvalue weighted by molar-refractivity contribution is 0.669. The zero-order chi connectivity index (χ0) is 84.0. The molecular formula is C118H78N6O2. The van der Waals surface area contributed by atoms with Crippen molar-refractivity contribution < 1.29 is 8.83 Å². The molecule has 0 radical (unpaired) electrons. The van der Waals surface area contributed by atoms with Gasteiger partial charge in [0.05, 0.1) is 45.2 Å². The van der Waals surface area contributed by atoms with Crippen molar-refractivity contribution in [3.05, 3.63) is 423 Å². The van der Waals surface area contributed by atoms with E-state index in [1.54, 1.807) is 0 Å². The van der Waals surface area contributed by atoms with Gasteiger partial charge in [-0.2, -0.15) is 0 Å². The molecular weight excluding hydrogens is 1530 g/mol. The van der Waals surface area contributed by atoms with Gasteiger partial charge in [0, 0.05) is 109 Å². The van der Waals surface area contributed by atoms with E-state index < -0.39 is 0 Å². The third-order valence-electron chi connectivity index (χ3n) is 24.6. The molecule has 18 aromatic carbocycles. The minimum Gasteiger partial charge on any atom is -0.456 e. The van der Waals surface area contributed by atoms with Crippen molar-refractivity contribution in [3.8, 4) is 135 Å². The summed E-state index contributed by atoms with van der Waals surface area (Å²) in [6, 6.07) is 142. The van der Waals surface area contributed by atoms with Crippen molar-refractivity contribution in [1.82, 2.24) is 29.9 Å². The van der Waals surface area contributed by atoms with Crippen LogP contribution >= 0.6 is 0 Å². The van der Waals surface area contributed by atoms with Gasteiger partial charge in [0.15, 0.2) is 11.6 Å². The molecule has 0 aliphatic carbocycles. The Bertz CT molecular complexity index is 8380. The van der Waals surface area contributed by atoms with Gasteiger partial charge in [-0.05, 0) is 174 Å². The first kappa shape index (κ1) is 74.6. The molecule has 0 saturated heterocycles. The van der Waals surface area contributed by atoms with E-state index in [2.05, 4.69) is 398 Å². The number of aromatic nitrogens is 6. The van der Waals surface area contributed by atoms with Gasteiger partial charge in [-0.1, -0.05) is 332 Å². The smallest absolute Gasteiger partial charge is 0.160 e. The number of nitrogens with zero attached hydrogens (tertiary/aromatic N) is 6. The Hall–Kier alpha value is -16.4. The molecule has 0 unspecified atom stereocenters. The van der Waals surface area contributed by atoms with Crippen molar-refractivity contribution in [2.24, 2.45) is 0 Å². The third kappa shape index (κ3) is 13.4. The Morgan fingerprint density at radius 1 is 0.183 bits per heavy atom. The fourth-order valence-corrected chi connectivity index (χ4v) is 19.0. The van der Waals surface area contributed by atoms with Crippen LogP contribution < -0.4 is 0 Å². The third-order valence-corrected chi connectivity index (χ3v) is 24.6. The van der Waals surface area contributed by atoms with Crippen LogP contribution in [0.25, 0.3) is 244 Å². The molecule has 6 heterocycles. The molecule has 8 nitrogen and oxygen atoms in total. The molecule has 0 bridgehead atoms. The number of rotatable bonds is 12. The fourth-order valence-electron chi connectivity index (χ4n) is 19.0. The van der Waals surface area contributed by atoms with E-state index in [4.69, 9.17) is 38.7 Å². The standard InChI is InChI=1S/C61H37N3O.C57H41N3O/c1-3-16-38(17-4-1)39-30-32-40(33-31-39)60-51-36-56-59(49-27-12-14-29-55(49)65-56)57(58(51)48-26-11-13-28-52(48)62-60)44-22-15-21-43(34-44)53-37-54(64-61(63-53)41-18-5-2-6-19-41)50-35-42-20-7-8-23-45(42)46-24-9-10-25-47(46)50;1-34-25-35(2)28-43(27-34)50-33-49(59-57(60-50)44-29-36(3)26-37(4)30-44)41-15-12-16-42(31-41)53-54-45-17-8-10-19-48(45)58-56(40-23-21-39(22-24-40)38-13-6-5-7-14-38)47(54)32-52-55(53)46-18-9-11-20-51(46)61-52/h1-37H;5-33H,1-4H3. The van der Waals surface area contributed by atoms with Gasteiger partial charge < -0.3 is 8.83 Å². The summed E-state index contributed by atoms with van der Waals surface area (Å²) in [6.07, 6.45) is 0. The lowest BCUT2D eigenvalue weighted by Gasteiger charge is -2.17. The lowest BCUT2D eigenvalue weighted by Crippen LogP contribution is -1.97. The van der Waals surface area contributed by atoms with E-state index in [9.17, 15) is 0 Å². The first-order chi connectivity index (χ1) is 62.0. The second kappa shape index (κ2) is 30.9. The summed E-state index contributed by atoms with van der Waals surface area (Å²) in [5.74, 6) is 1.38. The Labute approximate surface area is 727 Å². The zero-order valence-electron chi connectivity index (χ0n) is 69.6. The van der Waals surface area contributed by atoms with Crippen LogP contribution in [0.1, 0.15) is 22.3 Å². The highest BCUT2D eigenvalue weighted by molar-refractivity contribution is 6.30. The monoisotopic (exact) mass is 1610 g/mol. The second-order valence-electron chi connectivity index (χ2n) is 33.0. The van der Waals surface area contributed by atoms with Crippen LogP contribution in [0.15, 0.2) is 409 Å². The molecule has 0 amide bonds. The molecule has 0 aliphatic heterocycles.